The summed E-state index contributed by atoms with van der Waals surface area (Å²) in [5.74, 6) is 0.0841. The SMILES string of the molecule is Cc1ccn(C2CCNCC2)c(=O)c1C(=O)Nc1nnc(C2CCC2)s1. The first kappa shape index (κ1) is 17.4. The molecule has 0 unspecified atom stereocenters. The van der Waals surface area contributed by atoms with Crippen LogP contribution in [-0.2, 0) is 0 Å². The third-order valence-corrected chi connectivity index (χ3v) is 6.37. The molecule has 8 heteroatoms. The monoisotopic (exact) mass is 373 g/mol. The van der Waals surface area contributed by atoms with Gasteiger partial charge in [-0.15, -0.1) is 10.2 Å². The lowest BCUT2D eigenvalue weighted by Gasteiger charge is -2.25. The number of pyridine rings is 1. The molecule has 138 valence electrons. The van der Waals surface area contributed by atoms with Gasteiger partial charge in [0.2, 0.25) is 5.13 Å². The molecule has 2 N–H and O–H groups in total. The van der Waals surface area contributed by atoms with Crippen molar-refractivity contribution in [3.63, 3.8) is 0 Å². The number of aryl methyl sites for hydroxylation is 1. The van der Waals surface area contributed by atoms with E-state index in [0.29, 0.717) is 16.6 Å². The Morgan fingerprint density at radius 3 is 2.73 bits per heavy atom. The van der Waals surface area contributed by atoms with Crippen molar-refractivity contribution in [3.8, 4) is 0 Å². The molecule has 2 aromatic rings. The molecule has 0 bridgehead atoms. The normalized spacial score (nSPS) is 18.5. The molecule has 3 heterocycles. The molecule has 2 fully saturated rings. The summed E-state index contributed by atoms with van der Waals surface area (Å²) in [6.07, 6.45) is 7.11. The van der Waals surface area contributed by atoms with Crippen LogP contribution in [0.4, 0.5) is 5.13 Å². The van der Waals surface area contributed by atoms with Gasteiger partial charge in [-0.3, -0.25) is 14.9 Å². The van der Waals surface area contributed by atoms with E-state index in [1.54, 1.807) is 11.5 Å². The summed E-state index contributed by atoms with van der Waals surface area (Å²) in [6, 6.07) is 1.99. The Bertz CT molecular complexity index is 865. The second-order valence-electron chi connectivity index (χ2n) is 7.09. The summed E-state index contributed by atoms with van der Waals surface area (Å²) in [6.45, 7) is 3.57. The zero-order valence-corrected chi connectivity index (χ0v) is 15.6. The third kappa shape index (κ3) is 3.31. The number of carbonyl (C=O) groups excluding carboxylic acids is 1. The molecule has 1 aliphatic carbocycles. The smallest absolute Gasteiger partial charge is 0.263 e. The molecule has 2 aromatic heterocycles. The van der Waals surface area contributed by atoms with Crippen LogP contribution < -0.4 is 16.2 Å². The van der Waals surface area contributed by atoms with Gasteiger partial charge in [-0.1, -0.05) is 17.8 Å². The number of rotatable bonds is 4. The lowest BCUT2D eigenvalue weighted by Crippen LogP contribution is -2.37. The number of nitrogens with zero attached hydrogens (tertiary/aromatic N) is 3. The highest BCUT2D eigenvalue weighted by atomic mass is 32.1. The standard InChI is InChI=1S/C18H23N5O2S/c1-11-7-10-23(13-5-8-19-9-6-13)17(25)14(11)15(24)20-18-22-21-16(26-18)12-3-2-4-12/h7,10,12-13,19H,2-6,8-9H2,1H3,(H,20,22,24). The van der Waals surface area contributed by atoms with Crippen molar-refractivity contribution < 1.29 is 4.79 Å². The number of anilines is 1. The summed E-state index contributed by atoms with van der Waals surface area (Å²) in [5, 5.41) is 15.8. The lowest BCUT2D eigenvalue weighted by molar-refractivity contribution is 0.102. The molecule has 7 nitrogen and oxygen atoms in total. The predicted molar refractivity (Wildman–Crippen MR) is 101 cm³/mol. The van der Waals surface area contributed by atoms with Crippen LogP contribution in [0.15, 0.2) is 17.1 Å². The molecule has 1 saturated heterocycles. The molecule has 26 heavy (non-hydrogen) atoms. The minimum Gasteiger partial charge on any atom is -0.317 e. The van der Waals surface area contributed by atoms with Crippen LogP contribution in [0.1, 0.15) is 65.0 Å². The number of hydrogen-bond acceptors (Lipinski definition) is 6. The second kappa shape index (κ2) is 7.28. The van der Waals surface area contributed by atoms with Gasteiger partial charge < -0.3 is 9.88 Å². The van der Waals surface area contributed by atoms with E-state index in [0.717, 1.165) is 43.8 Å². The molecule has 0 spiro atoms. The van der Waals surface area contributed by atoms with Crippen molar-refractivity contribution >= 4 is 22.4 Å². The average Bonchev–Trinajstić information content (AvgIpc) is 3.02. The molecule has 2 aliphatic rings. The van der Waals surface area contributed by atoms with Gasteiger partial charge in [0, 0.05) is 18.2 Å². The Kier molecular flexibility index (Phi) is 4.86. The van der Waals surface area contributed by atoms with E-state index < -0.39 is 5.91 Å². The maximum absolute atomic E-state index is 12.9. The van der Waals surface area contributed by atoms with Gasteiger partial charge in [-0.05, 0) is 57.3 Å². The summed E-state index contributed by atoms with van der Waals surface area (Å²) < 4.78 is 1.71. The van der Waals surface area contributed by atoms with Crippen molar-refractivity contribution in [2.75, 3.05) is 18.4 Å². The number of nitrogens with one attached hydrogen (secondary N) is 2. The fourth-order valence-electron chi connectivity index (χ4n) is 3.55. The van der Waals surface area contributed by atoms with E-state index in [-0.39, 0.29) is 17.2 Å². The Morgan fingerprint density at radius 2 is 2.04 bits per heavy atom. The molecule has 0 radical (unpaired) electrons. The van der Waals surface area contributed by atoms with E-state index in [1.165, 1.54) is 17.8 Å². The van der Waals surface area contributed by atoms with Gasteiger partial charge in [0.1, 0.15) is 10.6 Å². The van der Waals surface area contributed by atoms with Gasteiger partial charge in [0.05, 0.1) is 0 Å². The van der Waals surface area contributed by atoms with Crippen LogP contribution in [-0.4, -0.2) is 33.8 Å². The van der Waals surface area contributed by atoms with Crippen LogP contribution in [0.25, 0.3) is 0 Å². The largest absolute Gasteiger partial charge is 0.317 e. The van der Waals surface area contributed by atoms with Crippen LogP contribution in [0.2, 0.25) is 0 Å². The first-order valence-electron chi connectivity index (χ1n) is 9.20. The zero-order valence-electron chi connectivity index (χ0n) is 14.8. The van der Waals surface area contributed by atoms with E-state index in [2.05, 4.69) is 20.8 Å². The first-order valence-corrected chi connectivity index (χ1v) is 10.0. The first-order chi connectivity index (χ1) is 12.6. The Morgan fingerprint density at radius 1 is 1.27 bits per heavy atom. The van der Waals surface area contributed by atoms with Gasteiger partial charge >= 0.3 is 0 Å². The van der Waals surface area contributed by atoms with E-state index in [4.69, 9.17) is 0 Å². The van der Waals surface area contributed by atoms with E-state index in [1.807, 2.05) is 12.3 Å². The van der Waals surface area contributed by atoms with Crippen LogP contribution >= 0.6 is 11.3 Å². The molecule has 1 saturated carbocycles. The van der Waals surface area contributed by atoms with Gasteiger partial charge in [0.25, 0.3) is 11.5 Å². The highest BCUT2D eigenvalue weighted by molar-refractivity contribution is 7.15. The van der Waals surface area contributed by atoms with Gasteiger partial charge in [0.15, 0.2) is 0 Å². The molecule has 1 amide bonds. The van der Waals surface area contributed by atoms with E-state index >= 15 is 0 Å². The quantitative estimate of drug-likeness (QED) is 0.859. The molecular formula is C18H23N5O2S. The Hall–Kier alpha value is -2.06. The Balaban J connectivity index is 1.56. The summed E-state index contributed by atoms with van der Waals surface area (Å²) in [7, 11) is 0. The predicted octanol–water partition coefficient (Wildman–Crippen LogP) is 2.45. The highest BCUT2D eigenvalue weighted by Gasteiger charge is 2.25. The zero-order chi connectivity index (χ0) is 18.1. The molecule has 1 aliphatic heterocycles. The summed E-state index contributed by atoms with van der Waals surface area (Å²) in [5.41, 5.74) is 0.658. The van der Waals surface area contributed by atoms with Crippen LogP contribution in [0, 0.1) is 6.92 Å². The second-order valence-corrected chi connectivity index (χ2v) is 8.10. The highest BCUT2D eigenvalue weighted by Crippen LogP contribution is 2.38. The molecular weight excluding hydrogens is 350 g/mol. The molecule has 0 aromatic carbocycles. The maximum atomic E-state index is 12.9. The number of piperidine rings is 1. The third-order valence-electron chi connectivity index (χ3n) is 5.37. The van der Waals surface area contributed by atoms with Gasteiger partial charge in [-0.2, -0.15) is 0 Å². The van der Waals surface area contributed by atoms with E-state index in [9.17, 15) is 9.59 Å². The Labute approximate surface area is 155 Å². The summed E-state index contributed by atoms with van der Waals surface area (Å²) in [4.78, 5) is 25.7. The minimum atomic E-state index is -0.396. The van der Waals surface area contributed by atoms with Gasteiger partial charge in [-0.25, -0.2) is 0 Å². The average molecular weight is 373 g/mol. The fraction of sp³-hybridized carbons (Fsp3) is 0.556. The lowest BCUT2D eigenvalue weighted by atomic mass is 9.86. The van der Waals surface area contributed by atoms with Crippen molar-refractivity contribution in [1.82, 2.24) is 20.1 Å². The number of hydrogen-bond donors (Lipinski definition) is 2. The maximum Gasteiger partial charge on any atom is 0.263 e. The topological polar surface area (TPSA) is 88.9 Å². The van der Waals surface area contributed by atoms with Crippen molar-refractivity contribution in [2.24, 2.45) is 0 Å². The molecule has 0 atom stereocenters. The summed E-state index contributed by atoms with van der Waals surface area (Å²) >= 11 is 1.41. The number of carbonyl (C=O) groups is 1. The fourth-order valence-corrected chi connectivity index (χ4v) is 4.46. The van der Waals surface area contributed by atoms with Crippen molar-refractivity contribution in [3.05, 3.63) is 38.8 Å². The minimum absolute atomic E-state index is 0.141. The van der Waals surface area contributed by atoms with Crippen molar-refractivity contribution in [1.29, 1.82) is 0 Å². The molecule has 4 rings (SSSR count). The van der Waals surface area contributed by atoms with Crippen LogP contribution in [0.5, 0.6) is 0 Å². The van der Waals surface area contributed by atoms with Crippen LogP contribution in [0.3, 0.4) is 0 Å². The van der Waals surface area contributed by atoms with Crippen molar-refractivity contribution in [2.45, 2.75) is 51.0 Å². The number of aromatic nitrogens is 3. The number of amides is 1.